The second kappa shape index (κ2) is 7.39. The third-order valence-corrected chi connectivity index (χ3v) is 7.06. The highest BCUT2D eigenvalue weighted by atomic mass is 16.3. The van der Waals surface area contributed by atoms with E-state index in [0.717, 1.165) is 38.9 Å². The van der Waals surface area contributed by atoms with Crippen LogP contribution in [-0.4, -0.2) is 89.3 Å². The van der Waals surface area contributed by atoms with Gasteiger partial charge in [0.05, 0.1) is 11.8 Å². The van der Waals surface area contributed by atoms with Crippen molar-refractivity contribution in [2.45, 2.75) is 31.7 Å². The third-order valence-electron chi connectivity index (χ3n) is 7.06. The quantitative estimate of drug-likeness (QED) is 0.716. The molecule has 0 aliphatic carbocycles. The maximum Gasteiger partial charge on any atom is 0.320 e. The molecule has 156 valence electrons. The Bertz CT molecular complexity index is 787. The Labute approximate surface area is 170 Å². The van der Waals surface area contributed by atoms with Gasteiger partial charge in [-0.05, 0) is 37.2 Å². The Balaban J connectivity index is 1.19. The van der Waals surface area contributed by atoms with E-state index in [1.54, 1.807) is 11.0 Å². The minimum atomic E-state index is -0.0413. The van der Waals surface area contributed by atoms with Gasteiger partial charge in [0, 0.05) is 58.3 Å². The topological polar surface area (TPSA) is 77.3 Å². The van der Waals surface area contributed by atoms with Crippen LogP contribution in [0.25, 0.3) is 0 Å². The number of rotatable bonds is 1. The number of nitrogens with zero attached hydrogens (tertiary/aromatic N) is 4. The van der Waals surface area contributed by atoms with Crippen LogP contribution in [0, 0.1) is 11.8 Å². The maximum atomic E-state index is 13.2. The summed E-state index contributed by atoms with van der Waals surface area (Å²) in [5.74, 6) is 1.05. The Morgan fingerprint density at radius 1 is 1.00 bits per heavy atom. The third kappa shape index (κ3) is 3.38. The average Bonchev–Trinajstić information content (AvgIpc) is 3.28. The molecule has 4 amide bonds. The number of piperidine rings is 3. The summed E-state index contributed by atoms with van der Waals surface area (Å²) in [5.41, 5.74) is 0.556. The number of amides is 4. The Kier molecular flexibility index (Phi) is 4.72. The predicted molar refractivity (Wildman–Crippen MR) is 104 cm³/mol. The predicted octanol–water partition coefficient (Wildman–Crippen LogP) is 1.49. The van der Waals surface area contributed by atoms with Gasteiger partial charge >= 0.3 is 6.03 Å². The molecular formula is C21H28N4O4. The van der Waals surface area contributed by atoms with Crippen LogP contribution in [0.4, 0.5) is 4.79 Å². The fraction of sp³-hybridized carbons (Fsp3) is 0.667. The van der Waals surface area contributed by atoms with E-state index in [4.69, 9.17) is 4.42 Å². The fourth-order valence-corrected chi connectivity index (χ4v) is 5.64. The van der Waals surface area contributed by atoms with Crippen molar-refractivity contribution in [2.24, 2.45) is 11.8 Å². The average molecular weight is 400 g/mol. The summed E-state index contributed by atoms with van der Waals surface area (Å²) in [4.78, 5) is 45.7. The number of hydrogen-bond donors (Lipinski definition) is 0. The zero-order valence-electron chi connectivity index (χ0n) is 16.7. The highest BCUT2D eigenvalue weighted by Gasteiger charge is 2.45. The second-order valence-corrected chi connectivity index (χ2v) is 8.85. The Morgan fingerprint density at radius 2 is 1.79 bits per heavy atom. The molecule has 0 aromatic carbocycles. The first-order chi connectivity index (χ1) is 14.1. The lowest BCUT2D eigenvalue weighted by atomic mass is 9.76. The van der Waals surface area contributed by atoms with Crippen molar-refractivity contribution in [2.75, 3.05) is 45.8 Å². The van der Waals surface area contributed by atoms with Gasteiger partial charge in [-0.1, -0.05) is 0 Å². The van der Waals surface area contributed by atoms with Crippen LogP contribution in [0.3, 0.4) is 0 Å². The van der Waals surface area contributed by atoms with Crippen LogP contribution in [0.1, 0.15) is 36.0 Å². The van der Waals surface area contributed by atoms with Gasteiger partial charge in [-0.15, -0.1) is 0 Å². The highest BCUT2D eigenvalue weighted by Crippen LogP contribution is 2.38. The SMILES string of the molecule is O=C(c1ccoc1)N1CCN(C(=O)N2CC3CC(C2)[C@H]2CCCC(=O)N2C3)CC1. The molecule has 4 fully saturated rings. The molecular weight excluding hydrogens is 372 g/mol. The van der Waals surface area contributed by atoms with E-state index < -0.39 is 0 Å². The van der Waals surface area contributed by atoms with Crippen molar-refractivity contribution >= 4 is 17.8 Å². The van der Waals surface area contributed by atoms with Gasteiger partial charge in [0.15, 0.2) is 0 Å². The molecule has 0 saturated carbocycles. The minimum absolute atomic E-state index is 0.0413. The molecule has 0 spiro atoms. The maximum absolute atomic E-state index is 13.2. The van der Waals surface area contributed by atoms with Gasteiger partial charge in [0.1, 0.15) is 6.26 Å². The largest absolute Gasteiger partial charge is 0.472 e. The van der Waals surface area contributed by atoms with Crippen molar-refractivity contribution in [3.05, 3.63) is 24.2 Å². The zero-order valence-corrected chi connectivity index (χ0v) is 16.7. The van der Waals surface area contributed by atoms with Gasteiger partial charge < -0.3 is 24.0 Å². The van der Waals surface area contributed by atoms with Gasteiger partial charge in [-0.3, -0.25) is 9.59 Å². The second-order valence-electron chi connectivity index (χ2n) is 8.85. The first-order valence-electron chi connectivity index (χ1n) is 10.7. The van der Waals surface area contributed by atoms with Crippen LogP contribution in [0.2, 0.25) is 0 Å². The molecule has 2 unspecified atom stereocenters. The fourth-order valence-electron chi connectivity index (χ4n) is 5.64. The Hall–Kier alpha value is -2.51. The van der Waals surface area contributed by atoms with Crippen molar-refractivity contribution < 1.29 is 18.8 Å². The van der Waals surface area contributed by atoms with Crippen LogP contribution in [-0.2, 0) is 4.79 Å². The summed E-state index contributed by atoms with van der Waals surface area (Å²) in [6.07, 6.45) is 6.82. The summed E-state index contributed by atoms with van der Waals surface area (Å²) in [6, 6.07) is 2.07. The van der Waals surface area contributed by atoms with Gasteiger partial charge in [-0.25, -0.2) is 4.79 Å². The molecule has 4 saturated heterocycles. The highest BCUT2D eigenvalue weighted by molar-refractivity contribution is 5.94. The monoisotopic (exact) mass is 400 g/mol. The van der Waals surface area contributed by atoms with Crippen LogP contribution < -0.4 is 0 Å². The summed E-state index contributed by atoms with van der Waals surface area (Å²) < 4.78 is 5.00. The first-order valence-corrected chi connectivity index (χ1v) is 10.7. The molecule has 0 N–H and O–H groups in total. The lowest BCUT2D eigenvalue weighted by Gasteiger charge is -2.53. The van der Waals surface area contributed by atoms with Gasteiger partial charge in [0.2, 0.25) is 5.91 Å². The lowest BCUT2D eigenvalue weighted by Crippen LogP contribution is -2.63. The normalized spacial score (nSPS) is 29.7. The van der Waals surface area contributed by atoms with Gasteiger partial charge in [-0.2, -0.15) is 0 Å². The molecule has 8 nitrogen and oxygen atoms in total. The molecule has 1 aromatic heterocycles. The molecule has 8 heteroatoms. The van der Waals surface area contributed by atoms with E-state index >= 15 is 0 Å². The Morgan fingerprint density at radius 3 is 2.55 bits per heavy atom. The number of fused-ring (bicyclic) bond motifs is 4. The van der Waals surface area contributed by atoms with E-state index in [-0.39, 0.29) is 11.9 Å². The molecule has 3 atom stereocenters. The van der Waals surface area contributed by atoms with Crippen molar-refractivity contribution in [3.8, 4) is 0 Å². The molecule has 5 rings (SSSR count). The molecule has 4 aliphatic rings. The number of carbonyl (C=O) groups excluding carboxylic acids is 3. The van der Waals surface area contributed by atoms with Crippen LogP contribution >= 0.6 is 0 Å². The number of piperazine rings is 1. The summed E-state index contributed by atoms with van der Waals surface area (Å²) in [5, 5.41) is 0. The molecule has 2 bridgehead atoms. The lowest BCUT2D eigenvalue weighted by molar-refractivity contribution is -0.144. The summed E-state index contributed by atoms with van der Waals surface area (Å²) in [6.45, 7) is 4.49. The molecule has 1 aromatic rings. The van der Waals surface area contributed by atoms with Crippen molar-refractivity contribution in [1.29, 1.82) is 0 Å². The number of carbonyl (C=O) groups is 3. The van der Waals surface area contributed by atoms with Crippen molar-refractivity contribution in [3.63, 3.8) is 0 Å². The smallest absolute Gasteiger partial charge is 0.320 e. The van der Waals surface area contributed by atoms with E-state index in [2.05, 4.69) is 4.90 Å². The van der Waals surface area contributed by atoms with Crippen LogP contribution in [0.15, 0.2) is 23.0 Å². The summed E-state index contributed by atoms with van der Waals surface area (Å²) >= 11 is 0. The molecule has 0 radical (unpaired) electrons. The molecule has 29 heavy (non-hydrogen) atoms. The zero-order chi connectivity index (χ0) is 20.0. The van der Waals surface area contributed by atoms with E-state index in [0.29, 0.717) is 61.9 Å². The number of hydrogen-bond acceptors (Lipinski definition) is 4. The van der Waals surface area contributed by atoms with Gasteiger partial charge in [0.25, 0.3) is 5.91 Å². The van der Waals surface area contributed by atoms with E-state index in [1.165, 1.54) is 12.5 Å². The number of urea groups is 1. The minimum Gasteiger partial charge on any atom is -0.472 e. The summed E-state index contributed by atoms with van der Waals surface area (Å²) in [7, 11) is 0. The van der Waals surface area contributed by atoms with E-state index in [9.17, 15) is 14.4 Å². The molecule has 4 aliphatic heterocycles. The number of likely N-dealkylation sites (tertiary alicyclic amines) is 1. The molecule has 5 heterocycles. The van der Waals surface area contributed by atoms with Crippen LogP contribution in [0.5, 0.6) is 0 Å². The standard InChI is InChI=1S/C21H28N4O4/c26-19-3-1-2-18-17-10-15(12-25(18)19)11-24(13-17)21(28)23-7-5-22(6-8-23)20(27)16-4-9-29-14-16/h4,9,14-15,17-18H,1-3,5-8,10-13H2/t15?,17?,18-/m1/s1. The number of furan rings is 1. The van der Waals surface area contributed by atoms with E-state index in [1.807, 2.05) is 9.80 Å². The first kappa shape index (κ1) is 18.5. The van der Waals surface area contributed by atoms with Crippen molar-refractivity contribution in [1.82, 2.24) is 19.6 Å².